The van der Waals surface area contributed by atoms with Gasteiger partial charge in [-0.25, -0.2) is 24.0 Å². The van der Waals surface area contributed by atoms with Gasteiger partial charge in [0.05, 0.1) is 37.4 Å². The molecule has 81 heavy (non-hydrogen) atoms. The van der Waals surface area contributed by atoms with Crippen molar-refractivity contribution in [1.82, 2.24) is 0 Å². The molecule has 12 rings (SSSR count). The fourth-order valence-corrected chi connectivity index (χ4v) is 12.3. The maximum atomic E-state index is 11.2. The van der Waals surface area contributed by atoms with Gasteiger partial charge in [0.15, 0.2) is 0 Å². The summed E-state index contributed by atoms with van der Waals surface area (Å²) in [6.07, 6.45) is 40.7. The maximum Gasteiger partial charge on any atom is 0.338 e. The summed E-state index contributed by atoms with van der Waals surface area (Å²) in [4.78, 5) is 66.8. The van der Waals surface area contributed by atoms with Gasteiger partial charge in [0.2, 0.25) is 0 Å². The topological polar surface area (TPSA) is 196 Å². The maximum absolute atomic E-state index is 11.2. The Morgan fingerprint density at radius 1 is 0.543 bits per heavy atom. The Morgan fingerprint density at radius 3 is 1.53 bits per heavy atom. The molecule has 15 heteroatoms. The van der Waals surface area contributed by atoms with Crippen molar-refractivity contribution in [2.24, 2.45) is 65.1 Å². The number of ether oxygens (including phenoxy) is 8. The number of fused-ring (bicyclic) bond motifs is 12. The molecule has 12 bridgehead atoms. The molecule has 15 nitrogen and oxygen atoms in total. The van der Waals surface area contributed by atoms with E-state index < -0.39 is 17.9 Å². The molecule has 18 unspecified atom stereocenters. The van der Waals surface area contributed by atoms with Crippen LogP contribution in [0.3, 0.4) is 0 Å². The number of hydrogen-bond donors (Lipinski definition) is 1. The van der Waals surface area contributed by atoms with Crippen LogP contribution in [0.1, 0.15) is 85.5 Å². The molecule has 0 radical (unpaired) electrons. The van der Waals surface area contributed by atoms with Gasteiger partial charge in [-0.2, -0.15) is 0 Å². The monoisotopic (exact) mass is 1110 g/mol. The number of rotatable bonds is 17. The summed E-state index contributed by atoms with van der Waals surface area (Å²) in [6.45, 7) is 28.7. The lowest BCUT2D eigenvalue weighted by Crippen LogP contribution is -2.34. The molecule has 1 saturated heterocycles. The lowest BCUT2D eigenvalue weighted by molar-refractivity contribution is -0.151. The Labute approximate surface area is 477 Å². The number of carboxylic acids is 1. The number of aliphatic carboxylic acids is 1. The van der Waals surface area contributed by atoms with E-state index in [0.717, 1.165) is 56.6 Å². The van der Waals surface area contributed by atoms with Crippen LogP contribution in [-0.2, 0) is 66.7 Å². The summed E-state index contributed by atoms with van der Waals surface area (Å²) in [5.41, 5.74) is 1.72. The second kappa shape index (κ2) is 28.8. The molecular formula is C66H82O15. The van der Waals surface area contributed by atoms with Gasteiger partial charge < -0.3 is 43.0 Å². The zero-order chi connectivity index (χ0) is 58.5. The number of hydrogen-bond acceptors (Lipinski definition) is 14. The largest absolute Gasteiger partial charge is 0.481 e. The standard InChI is InChI=1S/C14H18O5.C11H14O2.C11H12O2.C10H12O3.C10H12O2.C10H14O/c1-8(2)14(17)19-6-5-18-12-10-4-3-9(7-10)11(12)13(15)16;2*1-7(2)11(12)13-10-6-8-3-4-9(10)5-8;1-6(2)10(11)13-9-5-7-3-4-8(9)12-7;1-2-10(11)12-9-6-7-3-4-8(9)5-7;1-2-5-11-10-7-8-3-4-9(10)6-8/h3-4,9-12H,1,5-7H2,2H3,(H,15,16);3-4,8-10H,1,5-6H2,2H3;3-4,6,8-9H,1,5H2,2H3;3-4,7-9H,1,5H2,2H3;2-4,7-9H,1,5-6H2;2-4,8-10H,1,5-7H2. The highest BCUT2D eigenvalue weighted by Gasteiger charge is 2.49. The molecular weight excluding hydrogens is 1030 g/mol. The predicted octanol–water partition coefficient (Wildman–Crippen LogP) is 10.7. The Kier molecular flexibility index (Phi) is 22.0. The number of allylic oxidation sites excluding steroid dienone is 7. The normalized spacial score (nSPS) is 34.1. The highest BCUT2D eigenvalue weighted by Crippen LogP contribution is 2.46. The minimum Gasteiger partial charge on any atom is -0.481 e. The van der Waals surface area contributed by atoms with Crippen LogP contribution in [0.4, 0.5) is 0 Å². The quantitative estimate of drug-likeness (QED) is 0.0474. The summed E-state index contributed by atoms with van der Waals surface area (Å²) in [6, 6.07) is 0. The summed E-state index contributed by atoms with van der Waals surface area (Å²) in [7, 11) is 0. The van der Waals surface area contributed by atoms with Crippen molar-refractivity contribution in [2.45, 2.75) is 128 Å². The molecule has 4 saturated carbocycles. The van der Waals surface area contributed by atoms with Gasteiger partial charge in [-0.05, 0) is 115 Å². The summed E-state index contributed by atoms with van der Waals surface area (Å²) in [5, 5.41) is 9.21. The van der Waals surface area contributed by atoms with Gasteiger partial charge in [0.1, 0.15) is 36.8 Å². The average Bonchev–Trinajstić information content (AvgIpc) is 4.49. The first-order valence-electron chi connectivity index (χ1n) is 28.5. The van der Waals surface area contributed by atoms with Crippen molar-refractivity contribution >= 4 is 35.8 Å². The van der Waals surface area contributed by atoms with E-state index in [1.54, 1.807) is 27.7 Å². The van der Waals surface area contributed by atoms with Crippen molar-refractivity contribution < 1.29 is 71.8 Å². The predicted molar refractivity (Wildman–Crippen MR) is 305 cm³/mol. The molecule has 18 atom stereocenters. The third-order valence-corrected chi connectivity index (χ3v) is 16.5. The fourth-order valence-electron chi connectivity index (χ4n) is 12.3. The van der Waals surface area contributed by atoms with E-state index in [2.05, 4.69) is 88.1 Å². The van der Waals surface area contributed by atoms with E-state index in [-0.39, 0.29) is 85.6 Å². The first kappa shape index (κ1) is 61.9. The van der Waals surface area contributed by atoms with E-state index in [0.29, 0.717) is 76.4 Å². The average molecular weight is 1120 g/mol. The number of esters is 5. The van der Waals surface area contributed by atoms with E-state index in [1.807, 2.05) is 36.5 Å². The zero-order valence-corrected chi connectivity index (χ0v) is 47.4. The van der Waals surface area contributed by atoms with Gasteiger partial charge in [-0.15, -0.1) is 6.58 Å². The molecule has 436 valence electrons. The van der Waals surface area contributed by atoms with Crippen molar-refractivity contribution in [3.8, 4) is 0 Å². The molecule has 0 aromatic carbocycles. The van der Waals surface area contributed by atoms with Gasteiger partial charge >= 0.3 is 35.8 Å². The van der Waals surface area contributed by atoms with Crippen molar-refractivity contribution in [2.75, 3.05) is 19.8 Å². The van der Waals surface area contributed by atoms with Crippen LogP contribution >= 0.6 is 0 Å². The zero-order valence-electron chi connectivity index (χ0n) is 47.4. The van der Waals surface area contributed by atoms with Crippen LogP contribution < -0.4 is 0 Å². The van der Waals surface area contributed by atoms with Crippen LogP contribution in [0.15, 0.2) is 159 Å². The molecule has 0 aromatic rings. The highest BCUT2D eigenvalue weighted by molar-refractivity contribution is 5.88. The van der Waals surface area contributed by atoms with Gasteiger partial charge in [-0.3, -0.25) is 4.79 Å². The number of carbonyl (C=O) groups is 6. The first-order chi connectivity index (χ1) is 38.7. The lowest BCUT2D eigenvalue weighted by Gasteiger charge is -2.24. The van der Waals surface area contributed by atoms with Crippen LogP contribution in [0.2, 0.25) is 0 Å². The SMILES string of the molecule is C=C(C)C(=O)OC1=CC2C=CC1C2.C=C(C)C(=O)OC1CC2C=CC1C2.C=C(C)C(=O)OC1CC2C=CC1O2.C=C(C)C(=O)OCCOC1C2C=CC(C2)C1C(=O)O.C=CC(=O)OC1CC2C=CC1C2.C=CCOC1CC2C=CC1C2. The van der Waals surface area contributed by atoms with E-state index in [1.165, 1.54) is 18.9 Å². The molecule has 12 aliphatic rings. The van der Waals surface area contributed by atoms with E-state index in [4.69, 9.17) is 37.9 Å². The van der Waals surface area contributed by atoms with Crippen LogP contribution in [0.5, 0.6) is 0 Å². The molecule has 0 aromatic heterocycles. The molecule has 2 heterocycles. The number of carbonyl (C=O) groups excluding carboxylic acids is 5. The number of carboxylic acid groups (broad SMARTS) is 1. The van der Waals surface area contributed by atoms with Crippen LogP contribution in [0.25, 0.3) is 0 Å². The molecule has 2 aliphatic heterocycles. The summed E-state index contributed by atoms with van der Waals surface area (Å²) in [5.74, 6) is 2.69. The minimum absolute atomic E-state index is 0.0340. The molecule has 0 amide bonds. The smallest absolute Gasteiger partial charge is 0.338 e. The summed E-state index contributed by atoms with van der Waals surface area (Å²) >= 11 is 0. The van der Waals surface area contributed by atoms with Crippen LogP contribution in [-0.4, -0.2) is 103 Å². The van der Waals surface area contributed by atoms with E-state index in [9.17, 15) is 33.9 Å². The Bertz CT molecular complexity index is 2580. The minimum atomic E-state index is -0.819. The van der Waals surface area contributed by atoms with E-state index >= 15 is 0 Å². The third kappa shape index (κ3) is 17.0. The Balaban J connectivity index is 0.000000141. The van der Waals surface area contributed by atoms with Crippen molar-refractivity contribution in [3.63, 3.8) is 0 Å². The lowest BCUT2D eigenvalue weighted by atomic mass is 9.91. The second-order valence-corrected chi connectivity index (χ2v) is 23.1. The molecule has 10 aliphatic carbocycles. The third-order valence-electron chi connectivity index (χ3n) is 16.5. The fraction of sp³-hybridized carbons (Fsp3) is 0.515. The van der Waals surface area contributed by atoms with Crippen molar-refractivity contribution in [1.29, 1.82) is 0 Å². The van der Waals surface area contributed by atoms with Gasteiger partial charge in [-0.1, -0.05) is 112 Å². The Hall–Kier alpha value is -6.68. The molecule has 1 N–H and O–H groups in total. The van der Waals surface area contributed by atoms with Crippen molar-refractivity contribution in [3.05, 3.63) is 159 Å². The molecule has 5 fully saturated rings. The summed E-state index contributed by atoms with van der Waals surface area (Å²) < 4.78 is 42.4. The van der Waals surface area contributed by atoms with Gasteiger partial charge in [0.25, 0.3) is 0 Å². The van der Waals surface area contributed by atoms with Crippen LogP contribution in [0, 0.1) is 65.1 Å². The first-order valence-corrected chi connectivity index (χ1v) is 28.5. The highest BCUT2D eigenvalue weighted by atomic mass is 16.6. The van der Waals surface area contributed by atoms with Gasteiger partial charge in [0, 0.05) is 64.4 Å². The Morgan fingerprint density at radius 2 is 1.09 bits per heavy atom. The molecule has 0 spiro atoms. The second-order valence-electron chi connectivity index (χ2n) is 23.1.